The summed E-state index contributed by atoms with van der Waals surface area (Å²) in [4.78, 5) is 0. The molecular formula is C6H16LiNO. The molecule has 0 unspecified atom stereocenters. The Morgan fingerprint density at radius 1 is 1.33 bits per heavy atom. The Kier molecular flexibility index (Phi) is 7.21. The van der Waals surface area contributed by atoms with E-state index >= 15 is 0 Å². The van der Waals surface area contributed by atoms with Gasteiger partial charge in [0.05, 0.1) is 5.60 Å². The molecule has 0 saturated carbocycles. The third-order valence-corrected chi connectivity index (χ3v) is 1.70. The molecule has 0 bridgehead atoms. The molecule has 9 heavy (non-hydrogen) atoms. The molecule has 0 aliphatic heterocycles. The Morgan fingerprint density at radius 2 is 1.67 bits per heavy atom. The average Bonchev–Trinajstić information content (AvgIpc) is 1.87. The first kappa shape index (κ1) is 12.2. The first-order valence-corrected chi connectivity index (χ1v) is 3.11. The molecule has 0 aromatic rings. The topological polar surface area (TPSA) is 46.2 Å². The molecule has 0 radical (unpaired) electrons. The van der Waals surface area contributed by atoms with E-state index in [1.54, 1.807) is 0 Å². The second kappa shape index (κ2) is 5.31. The van der Waals surface area contributed by atoms with Gasteiger partial charge in [0, 0.05) is 6.54 Å². The van der Waals surface area contributed by atoms with E-state index in [0.717, 1.165) is 12.8 Å². The Morgan fingerprint density at radius 3 is 1.67 bits per heavy atom. The van der Waals surface area contributed by atoms with E-state index in [2.05, 4.69) is 0 Å². The number of hydrogen-bond acceptors (Lipinski definition) is 2. The minimum atomic E-state index is -0.597. The monoisotopic (exact) mass is 125 g/mol. The van der Waals surface area contributed by atoms with Gasteiger partial charge in [-0.1, -0.05) is 13.8 Å². The van der Waals surface area contributed by atoms with Gasteiger partial charge in [-0.25, -0.2) is 0 Å². The molecule has 3 heteroatoms. The van der Waals surface area contributed by atoms with Crippen molar-refractivity contribution >= 4 is 18.9 Å². The van der Waals surface area contributed by atoms with Crippen LogP contribution >= 0.6 is 0 Å². The van der Waals surface area contributed by atoms with Gasteiger partial charge >= 0.3 is 18.9 Å². The van der Waals surface area contributed by atoms with Crippen LogP contribution in [0.3, 0.4) is 0 Å². The maximum absolute atomic E-state index is 9.31. The van der Waals surface area contributed by atoms with Crippen LogP contribution in [-0.2, 0) is 0 Å². The van der Waals surface area contributed by atoms with Crippen molar-refractivity contribution in [3.63, 3.8) is 0 Å². The van der Waals surface area contributed by atoms with Gasteiger partial charge in [0.25, 0.3) is 0 Å². The fourth-order valence-electron chi connectivity index (χ4n) is 0.539. The Bertz CT molecular complexity index is 55.8. The van der Waals surface area contributed by atoms with E-state index in [9.17, 15) is 5.11 Å². The summed E-state index contributed by atoms with van der Waals surface area (Å²) in [7, 11) is 0. The van der Waals surface area contributed by atoms with Crippen LogP contribution in [0.25, 0.3) is 0 Å². The standard InChI is InChI=1S/C6H15NO.Li.H/c1-3-6(8,4-2)5-7;;/h8H,3-5,7H2,1-2H3;;. The van der Waals surface area contributed by atoms with Crippen LogP contribution in [0.4, 0.5) is 0 Å². The molecule has 0 fully saturated rings. The SMILES string of the molecule is CCC(O)(CC)CN.[LiH]. The van der Waals surface area contributed by atoms with Crippen LogP contribution in [0.15, 0.2) is 0 Å². The van der Waals surface area contributed by atoms with Crippen LogP contribution < -0.4 is 5.73 Å². The molecular weight excluding hydrogens is 109 g/mol. The van der Waals surface area contributed by atoms with Crippen molar-refractivity contribution in [1.29, 1.82) is 0 Å². The van der Waals surface area contributed by atoms with E-state index in [1.807, 2.05) is 13.8 Å². The van der Waals surface area contributed by atoms with E-state index in [0.29, 0.717) is 6.54 Å². The van der Waals surface area contributed by atoms with Gasteiger partial charge in [0.2, 0.25) is 0 Å². The molecule has 3 N–H and O–H groups in total. The molecule has 52 valence electrons. The van der Waals surface area contributed by atoms with Gasteiger partial charge in [-0.05, 0) is 12.8 Å². The third-order valence-electron chi connectivity index (χ3n) is 1.70. The molecule has 2 nitrogen and oxygen atoms in total. The summed E-state index contributed by atoms with van der Waals surface area (Å²) < 4.78 is 0. The van der Waals surface area contributed by atoms with E-state index in [1.165, 1.54) is 0 Å². The fourth-order valence-corrected chi connectivity index (χ4v) is 0.539. The van der Waals surface area contributed by atoms with Crippen LogP contribution in [0.5, 0.6) is 0 Å². The minimum absolute atomic E-state index is 0. The summed E-state index contributed by atoms with van der Waals surface area (Å²) >= 11 is 0. The number of rotatable bonds is 3. The zero-order valence-corrected chi connectivity index (χ0v) is 5.65. The van der Waals surface area contributed by atoms with Gasteiger partial charge in [-0.3, -0.25) is 0 Å². The third kappa shape index (κ3) is 3.99. The van der Waals surface area contributed by atoms with E-state index in [4.69, 9.17) is 5.73 Å². The van der Waals surface area contributed by atoms with Crippen LogP contribution in [0.2, 0.25) is 0 Å². The zero-order chi connectivity index (χ0) is 6.62. The summed E-state index contributed by atoms with van der Waals surface area (Å²) in [6.07, 6.45) is 1.50. The van der Waals surface area contributed by atoms with Crippen LogP contribution in [0.1, 0.15) is 26.7 Å². The van der Waals surface area contributed by atoms with Crippen molar-refractivity contribution < 1.29 is 5.11 Å². The van der Waals surface area contributed by atoms with Crippen molar-refractivity contribution in [3.8, 4) is 0 Å². The molecule has 0 aromatic carbocycles. The number of hydrogen-bond donors (Lipinski definition) is 2. The summed E-state index contributed by atoms with van der Waals surface area (Å²) in [6.45, 7) is 4.26. The van der Waals surface area contributed by atoms with Gasteiger partial charge in [0.15, 0.2) is 0 Å². The summed E-state index contributed by atoms with van der Waals surface area (Å²) in [6, 6.07) is 0. The molecule has 0 rings (SSSR count). The average molecular weight is 125 g/mol. The van der Waals surface area contributed by atoms with Gasteiger partial charge < -0.3 is 10.8 Å². The van der Waals surface area contributed by atoms with Crippen molar-refractivity contribution in [3.05, 3.63) is 0 Å². The summed E-state index contributed by atoms with van der Waals surface area (Å²) in [5, 5.41) is 9.31. The predicted molar refractivity (Wildman–Crippen MR) is 41.7 cm³/mol. The Balaban J connectivity index is 0. The first-order chi connectivity index (χ1) is 3.68. The predicted octanol–water partition coefficient (Wildman–Crippen LogP) is -0.152. The summed E-state index contributed by atoms with van der Waals surface area (Å²) in [5.41, 5.74) is 4.68. The van der Waals surface area contributed by atoms with E-state index < -0.39 is 5.60 Å². The number of nitrogens with two attached hydrogens (primary N) is 1. The molecule has 0 aliphatic carbocycles. The molecule has 0 aliphatic rings. The fraction of sp³-hybridized carbons (Fsp3) is 1.00. The van der Waals surface area contributed by atoms with Crippen molar-refractivity contribution in [2.75, 3.05) is 6.54 Å². The van der Waals surface area contributed by atoms with Crippen LogP contribution in [-0.4, -0.2) is 36.1 Å². The van der Waals surface area contributed by atoms with Gasteiger partial charge in [-0.2, -0.15) is 0 Å². The maximum atomic E-state index is 9.31. The molecule has 0 atom stereocenters. The Labute approximate surface area is 69.0 Å². The Hall–Kier alpha value is 0.517. The van der Waals surface area contributed by atoms with Gasteiger partial charge in [0.1, 0.15) is 0 Å². The van der Waals surface area contributed by atoms with E-state index in [-0.39, 0.29) is 18.9 Å². The second-order valence-electron chi connectivity index (χ2n) is 2.14. The molecule has 0 amide bonds. The van der Waals surface area contributed by atoms with Crippen LogP contribution in [0, 0.1) is 0 Å². The zero-order valence-electron chi connectivity index (χ0n) is 5.65. The molecule has 0 spiro atoms. The molecule has 0 aromatic heterocycles. The van der Waals surface area contributed by atoms with Crippen molar-refractivity contribution in [2.24, 2.45) is 5.73 Å². The normalized spacial score (nSPS) is 10.7. The first-order valence-electron chi connectivity index (χ1n) is 3.11. The number of aliphatic hydroxyl groups is 1. The van der Waals surface area contributed by atoms with Crippen molar-refractivity contribution in [2.45, 2.75) is 32.3 Å². The second-order valence-corrected chi connectivity index (χ2v) is 2.14. The summed E-state index contributed by atoms with van der Waals surface area (Å²) in [5.74, 6) is 0. The quantitative estimate of drug-likeness (QED) is 0.515. The van der Waals surface area contributed by atoms with Crippen molar-refractivity contribution in [1.82, 2.24) is 0 Å². The molecule has 0 heterocycles. The van der Waals surface area contributed by atoms with Gasteiger partial charge in [-0.15, -0.1) is 0 Å². The molecule has 0 saturated heterocycles.